The fraction of sp³-hybridized carbons (Fsp3) is 0.176. The first kappa shape index (κ1) is 14.7. The van der Waals surface area contributed by atoms with Crippen LogP contribution < -0.4 is 10.1 Å². The number of nitrogens with one attached hydrogen (secondary N) is 1. The van der Waals surface area contributed by atoms with Crippen LogP contribution in [0.15, 0.2) is 59.6 Å². The lowest BCUT2D eigenvalue weighted by atomic mass is 10.1. The van der Waals surface area contributed by atoms with Gasteiger partial charge in [-0.2, -0.15) is 0 Å². The van der Waals surface area contributed by atoms with E-state index in [2.05, 4.69) is 22.4 Å². The second kappa shape index (κ2) is 7.13. The molecule has 0 aliphatic carbocycles. The molecule has 2 aromatic carbocycles. The van der Waals surface area contributed by atoms with Crippen molar-refractivity contribution in [2.45, 2.75) is 0 Å². The van der Waals surface area contributed by atoms with Crippen LogP contribution in [0.4, 0.5) is 0 Å². The summed E-state index contributed by atoms with van der Waals surface area (Å²) in [4.78, 5) is 15.9. The Morgan fingerprint density at radius 2 is 1.82 bits per heavy atom. The minimum absolute atomic E-state index is 0.00966. The molecule has 112 valence electrons. The van der Waals surface area contributed by atoms with Gasteiger partial charge in [-0.05, 0) is 23.3 Å². The Balaban J connectivity index is 1.54. The zero-order chi connectivity index (χ0) is 15.2. The minimum atomic E-state index is -0.180. The predicted molar refractivity (Wildman–Crippen MR) is 90.3 cm³/mol. The van der Waals surface area contributed by atoms with Crippen molar-refractivity contribution in [1.82, 2.24) is 5.32 Å². The number of ether oxygens (including phenoxy) is 1. The molecule has 0 saturated carbocycles. The van der Waals surface area contributed by atoms with E-state index >= 15 is 0 Å². The van der Waals surface area contributed by atoms with Crippen LogP contribution in [0, 0.1) is 0 Å². The van der Waals surface area contributed by atoms with Crippen molar-refractivity contribution in [1.29, 1.82) is 0 Å². The van der Waals surface area contributed by atoms with Gasteiger partial charge in [0.25, 0.3) is 5.91 Å². The maximum Gasteiger partial charge on any atom is 0.263 e. The van der Waals surface area contributed by atoms with Crippen LogP contribution in [-0.4, -0.2) is 30.0 Å². The zero-order valence-electron chi connectivity index (χ0n) is 12.0. The molecule has 0 bridgehead atoms. The number of thioether (sulfide) groups is 1. The monoisotopic (exact) mass is 312 g/mol. The van der Waals surface area contributed by atoms with Gasteiger partial charge in [0.2, 0.25) is 0 Å². The highest BCUT2D eigenvalue weighted by atomic mass is 32.2. The Hall–Kier alpha value is -2.27. The first-order chi connectivity index (χ1) is 10.8. The van der Waals surface area contributed by atoms with E-state index in [0.717, 1.165) is 23.4 Å². The summed E-state index contributed by atoms with van der Waals surface area (Å²) in [5, 5.41) is 3.42. The molecular formula is C17H16N2O2S. The van der Waals surface area contributed by atoms with E-state index in [1.54, 1.807) is 11.8 Å². The fourth-order valence-electron chi connectivity index (χ4n) is 2.09. The van der Waals surface area contributed by atoms with Gasteiger partial charge in [0.15, 0.2) is 11.8 Å². The Kier molecular flexibility index (Phi) is 4.75. The number of carbonyl (C=O) groups is 1. The number of amides is 1. The highest BCUT2D eigenvalue weighted by Crippen LogP contribution is 2.21. The van der Waals surface area contributed by atoms with E-state index in [4.69, 9.17) is 4.74 Å². The molecule has 1 N–H and O–H groups in total. The van der Waals surface area contributed by atoms with Crippen LogP contribution in [0.25, 0.3) is 11.1 Å². The lowest BCUT2D eigenvalue weighted by Crippen LogP contribution is -2.31. The highest BCUT2D eigenvalue weighted by molar-refractivity contribution is 8.14. The molecule has 0 aromatic heterocycles. The Morgan fingerprint density at radius 1 is 1.09 bits per heavy atom. The van der Waals surface area contributed by atoms with Crippen LogP contribution in [-0.2, 0) is 4.79 Å². The zero-order valence-corrected chi connectivity index (χ0v) is 12.8. The molecule has 22 heavy (non-hydrogen) atoms. The fourth-order valence-corrected chi connectivity index (χ4v) is 2.83. The van der Waals surface area contributed by atoms with E-state index < -0.39 is 0 Å². The predicted octanol–water partition coefficient (Wildman–Crippen LogP) is 2.95. The largest absolute Gasteiger partial charge is 0.484 e. The summed E-state index contributed by atoms with van der Waals surface area (Å²) >= 11 is 1.55. The molecule has 1 aliphatic heterocycles. The first-order valence-electron chi connectivity index (χ1n) is 7.07. The lowest BCUT2D eigenvalue weighted by Gasteiger charge is -2.08. The minimum Gasteiger partial charge on any atom is -0.484 e. The summed E-state index contributed by atoms with van der Waals surface area (Å²) in [6.45, 7) is 0.756. The van der Waals surface area contributed by atoms with Crippen LogP contribution >= 0.6 is 11.8 Å². The van der Waals surface area contributed by atoms with Crippen molar-refractivity contribution in [3.8, 4) is 16.9 Å². The topological polar surface area (TPSA) is 50.7 Å². The number of amidine groups is 1. The molecule has 1 aliphatic rings. The quantitative estimate of drug-likeness (QED) is 0.944. The number of nitrogens with zero attached hydrogens (tertiary/aromatic N) is 1. The molecule has 5 heteroatoms. The molecule has 0 atom stereocenters. The standard InChI is InChI=1S/C17H16N2O2S/c20-16(19-17-18-10-11-22-17)12-21-15-8-6-14(7-9-15)13-4-2-1-3-5-13/h1-9H,10-12H2,(H,18,19,20). The molecule has 3 rings (SSSR count). The van der Waals surface area contributed by atoms with Gasteiger partial charge in [0.05, 0.1) is 6.54 Å². The van der Waals surface area contributed by atoms with Crippen molar-refractivity contribution in [2.24, 2.45) is 4.99 Å². The molecule has 2 aromatic rings. The Bertz CT molecular complexity index is 669. The highest BCUT2D eigenvalue weighted by Gasteiger charge is 2.11. The van der Waals surface area contributed by atoms with Crippen LogP contribution in [0.3, 0.4) is 0 Å². The average Bonchev–Trinajstić information content (AvgIpc) is 3.07. The van der Waals surface area contributed by atoms with Gasteiger partial charge >= 0.3 is 0 Å². The number of aliphatic imine (C=N–C) groups is 1. The summed E-state index contributed by atoms with van der Waals surface area (Å²) < 4.78 is 5.49. The molecule has 0 unspecified atom stereocenters. The summed E-state index contributed by atoms with van der Waals surface area (Å²) in [6, 6.07) is 17.8. The molecule has 0 radical (unpaired) electrons. The van der Waals surface area contributed by atoms with Gasteiger partial charge < -0.3 is 10.1 Å². The van der Waals surface area contributed by atoms with Crippen molar-refractivity contribution >= 4 is 22.8 Å². The number of carbonyl (C=O) groups excluding carboxylic acids is 1. The average molecular weight is 312 g/mol. The van der Waals surface area contributed by atoms with Gasteiger partial charge in [0.1, 0.15) is 5.75 Å². The van der Waals surface area contributed by atoms with E-state index in [0.29, 0.717) is 10.9 Å². The van der Waals surface area contributed by atoms with Gasteiger partial charge in [0, 0.05) is 5.75 Å². The van der Waals surface area contributed by atoms with Crippen molar-refractivity contribution in [3.05, 3.63) is 54.6 Å². The summed E-state index contributed by atoms with van der Waals surface area (Å²) in [5.41, 5.74) is 2.28. The van der Waals surface area contributed by atoms with Gasteiger partial charge in [-0.3, -0.25) is 9.79 Å². The SMILES string of the molecule is O=C(COc1ccc(-c2ccccc2)cc1)NC1=NCCS1. The summed E-state index contributed by atoms with van der Waals surface area (Å²) in [6.07, 6.45) is 0. The molecule has 0 spiro atoms. The molecular weight excluding hydrogens is 296 g/mol. The number of rotatable bonds is 4. The number of hydrogen-bond acceptors (Lipinski definition) is 4. The van der Waals surface area contributed by atoms with E-state index in [9.17, 15) is 4.79 Å². The first-order valence-corrected chi connectivity index (χ1v) is 8.05. The van der Waals surface area contributed by atoms with Crippen molar-refractivity contribution in [3.63, 3.8) is 0 Å². The Labute approximate surface area is 133 Å². The van der Waals surface area contributed by atoms with Crippen LogP contribution in [0.1, 0.15) is 0 Å². The van der Waals surface area contributed by atoms with E-state index in [-0.39, 0.29) is 12.5 Å². The van der Waals surface area contributed by atoms with Gasteiger partial charge in [-0.25, -0.2) is 0 Å². The maximum absolute atomic E-state index is 11.7. The Morgan fingerprint density at radius 3 is 2.50 bits per heavy atom. The third-order valence-corrected chi connectivity index (χ3v) is 4.05. The molecule has 0 fully saturated rings. The van der Waals surface area contributed by atoms with E-state index in [1.165, 1.54) is 0 Å². The molecule has 0 saturated heterocycles. The van der Waals surface area contributed by atoms with E-state index in [1.807, 2.05) is 42.5 Å². The maximum atomic E-state index is 11.7. The second-order valence-electron chi connectivity index (χ2n) is 4.76. The number of hydrogen-bond donors (Lipinski definition) is 1. The molecule has 4 nitrogen and oxygen atoms in total. The van der Waals surface area contributed by atoms with Crippen LogP contribution in [0.5, 0.6) is 5.75 Å². The normalized spacial score (nSPS) is 13.5. The smallest absolute Gasteiger partial charge is 0.263 e. The van der Waals surface area contributed by atoms with Crippen molar-refractivity contribution < 1.29 is 9.53 Å². The molecule has 1 amide bonds. The van der Waals surface area contributed by atoms with Crippen molar-refractivity contribution in [2.75, 3.05) is 18.9 Å². The third kappa shape index (κ3) is 3.89. The van der Waals surface area contributed by atoms with Crippen LogP contribution in [0.2, 0.25) is 0 Å². The summed E-state index contributed by atoms with van der Waals surface area (Å²) in [7, 11) is 0. The second-order valence-corrected chi connectivity index (χ2v) is 5.85. The summed E-state index contributed by atoms with van der Waals surface area (Å²) in [5.74, 6) is 1.42. The lowest BCUT2D eigenvalue weighted by molar-refractivity contribution is -0.121. The molecule has 1 heterocycles. The van der Waals surface area contributed by atoms with Gasteiger partial charge in [-0.15, -0.1) is 0 Å². The van der Waals surface area contributed by atoms with Gasteiger partial charge in [-0.1, -0.05) is 54.2 Å². The number of benzene rings is 2. The third-order valence-electron chi connectivity index (χ3n) is 3.16.